The summed E-state index contributed by atoms with van der Waals surface area (Å²) in [7, 11) is 4.08. The fourth-order valence-corrected chi connectivity index (χ4v) is 1.43. The van der Waals surface area contributed by atoms with Crippen LogP contribution >= 0.6 is 0 Å². The third-order valence-electron chi connectivity index (χ3n) is 2.51. The van der Waals surface area contributed by atoms with Gasteiger partial charge in [0.1, 0.15) is 0 Å². The molecule has 0 atom stereocenters. The molecular weight excluding hydrogens is 218 g/mol. The van der Waals surface area contributed by atoms with E-state index in [9.17, 15) is 0 Å². The molecule has 0 radical (unpaired) electrons. The molecule has 0 aromatic heterocycles. The van der Waals surface area contributed by atoms with E-state index in [1.54, 1.807) is 0 Å². The number of hydrogen-bond acceptors (Lipinski definition) is 1. The Hall–Kier alpha value is -2.02. The molecule has 1 heteroatoms. The van der Waals surface area contributed by atoms with Crippen LogP contribution < -0.4 is 4.90 Å². The van der Waals surface area contributed by atoms with E-state index in [0.717, 1.165) is 5.57 Å². The van der Waals surface area contributed by atoms with Crippen molar-refractivity contribution in [1.82, 2.24) is 0 Å². The smallest absolute Gasteiger partial charge is 0.0361 e. The van der Waals surface area contributed by atoms with E-state index in [1.807, 2.05) is 51.4 Å². The van der Waals surface area contributed by atoms with E-state index in [4.69, 9.17) is 0 Å². The topological polar surface area (TPSA) is 3.24 Å². The zero-order valence-corrected chi connectivity index (χ0v) is 11.4. The van der Waals surface area contributed by atoms with Crippen molar-refractivity contribution in [3.63, 3.8) is 0 Å². The van der Waals surface area contributed by atoms with Crippen LogP contribution in [0.3, 0.4) is 0 Å². The maximum absolute atomic E-state index is 3.97. The predicted octanol–water partition coefficient (Wildman–Crippen LogP) is 4.45. The minimum Gasteiger partial charge on any atom is -0.378 e. The highest BCUT2D eigenvalue weighted by Gasteiger charge is 1.93. The quantitative estimate of drug-likeness (QED) is 0.686. The molecule has 1 nitrogen and oxygen atoms in total. The normalized spacial score (nSPS) is 11.7. The van der Waals surface area contributed by atoms with Gasteiger partial charge in [0.05, 0.1) is 0 Å². The van der Waals surface area contributed by atoms with Gasteiger partial charge in [0, 0.05) is 19.8 Å². The summed E-state index contributed by atoms with van der Waals surface area (Å²) in [5.41, 5.74) is 3.38. The molecule has 0 saturated carbocycles. The van der Waals surface area contributed by atoms with Gasteiger partial charge in [-0.05, 0) is 30.2 Å². The van der Waals surface area contributed by atoms with Crippen LogP contribution in [0.15, 0.2) is 66.8 Å². The van der Waals surface area contributed by atoms with E-state index in [-0.39, 0.29) is 0 Å². The lowest BCUT2D eigenvalue weighted by molar-refractivity contribution is 1.13. The average molecular weight is 239 g/mol. The highest BCUT2D eigenvalue weighted by molar-refractivity contribution is 5.58. The van der Waals surface area contributed by atoms with Crippen molar-refractivity contribution in [3.8, 4) is 0 Å². The molecule has 0 amide bonds. The maximum Gasteiger partial charge on any atom is 0.0361 e. The molecule has 0 aliphatic carbocycles. The van der Waals surface area contributed by atoms with Gasteiger partial charge < -0.3 is 4.90 Å². The number of benzene rings is 1. The number of anilines is 1. The molecular formula is C17H21N. The highest BCUT2D eigenvalue weighted by atomic mass is 15.1. The van der Waals surface area contributed by atoms with Gasteiger partial charge in [0.2, 0.25) is 0 Å². The summed E-state index contributed by atoms with van der Waals surface area (Å²) < 4.78 is 0. The fourth-order valence-electron chi connectivity index (χ4n) is 1.43. The minimum atomic E-state index is 0.991. The summed E-state index contributed by atoms with van der Waals surface area (Å²) in [5.74, 6) is 0. The SMILES string of the molecule is C=C(/C=C\C=C/C)/C=C/c1ccc(N(C)C)cc1. The van der Waals surface area contributed by atoms with E-state index < -0.39 is 0 Å². The highest BCUT2D eigenvalue weighted by Crippen LogP contribution is 2.13. The molecule has 0 bridgehead atoms. The van der Waals surface area contributed by atoms with Crippen LogP contribution in [0, 0.1) is 0 Å². The van der Waals surface area contributed by atoms with Gasteiger partial charge in [-0.15, -0.1) is 0 Å². The van der Waals surface area contributed by atoms with Gasteiger partial charge in [0.15, 0.2) is 0 Å². The fraction of sp³-hybridized carbons (Fsp3) is 0.176. The Bertz CT molecular complexity index is 459. The molecule has 94 valence electrons. The Labute approximate surface area is 110 Å². The first-order chi connectivity index (χ1) is 8.63. The monoisotopic (exact) mass is 239 g/mol. The Morgan fingerprint density at radius 1 is 1.06 bits per heavy atom. The van der Waals surface area contributed by atoms with Crippen LogP contribution in [0.25, 0.3) is 6.08 Å². The van der Waals surface area contributed by atoms with Crippen LogP contribution in [0.2, 0.25) is 0 Å². The predicted molar refractivity (Wildman–Crippen MR) is 82.9 cm³/mol. The second-order valence-corrected chi connectivity index (χ2v) is 4.28. The van der Waals surface area contributed by atoms with Crippen LogP contribution in [0.1, 0.15) is 12.5 Å². The van der Waals surface area contributed by atoms with E-state index >= 15 is 0 Å². The van der Waals surface area contributed by atoms with Gasteiger partial charge in [-0.3, -0.25) is 0 Å². The largest absolute Gasteiger partial charge is 0.378 e. The maximum atomic E-state index is 3.97. The Morgan fingerprint density at radius 3 is 2.28 bits per heavy atom. The van der Waals surface area contributed by atoms with Crippen molar-refractivity contribution in [1.29, 1.82) is 0 Å². The third kappa shape index (κ3) is 4.88. The molecule has 0 unspecified atom stereocenters. The minimum absolute atomic E-state index is 0.991. The summed E-state index contributed by atoms with van der Waals surface area (Å²) in [5, 5.41) is 0. The van der Waals surface area contributed by atoms with Crippen molar-refractivity contribution in [3.05, 3.63) is 72.4 Å². The lowest BCUT2D eigenvalue weighted by atomic mass is 10.1. The first-order valence-corrected chi connectivity index (χ1v) is 6.07. The number of nitrogens with zero attached hydrogens (tertiary/aromatic N) is 1. The molecule has 0 N–H and O–H groups in total. The lowest BCUT2D eigenvalue weighted by Crippen LogP contribution is -2.07. The van der Waals surface area contributed by atoms with Crippen molar-refractivity contribution >= 4 is 11.8 Å². The van der Waals surface area contributed by atoms with Gasteiger partial charge >= 0.3 is 0 Å². The van der Waals surface area contributed by atoms with Gasteiger partial charge in [-0.1, -0.05) is 55.2 Å². The summed E-state index contributed by atoms with van der Waals surface area (Å²) >= 11 is 0. The van der Waals surface area contributed by atoms with Gasteiger partial charge in [0.25, 0.3) is 0 Å². The zero-order chi connectivity index (χ0) is 13.4. The van der Waals surface area contributed by atoms with Crippen molar-refractivity contribution < 1.29 is 0 Å². The van der Waals surface area contributed by atoms with Crippen molar-refractivity contribution in [2.75, 3.05) is 19.0 Å². The molecule has 0 saturated heterocycles. The summed E-state index contributed by atoms with van der Waals surface area (Å²) in [6.45, 7) is 5.97. The number of allylic oxidation sites excluding steroid dienone is 6. The molecule has 0 fully saturated rings. The molecule has 1 rings (SSSR count). The third-order valence-corrected chi connectivity index (χ3v) is 2.51. The van der Waals surface area contributed by atoms with Gasteiger partial charge in [-0.2, -0.15) is 0 Å². The molecule has 18 heavy (non-hydrogen) atoms. The zero-order valence-electron chi connectivity index (χ0n) is 11.4. The lowest BCUT2D eigenvalue weighted by Gasteiger charge is -2.11. The molecule has 0 aliphatic rings. The molecule has 0 aliphatic heterocycles. The van der Waals surface area contributed by atoms with Crippen LogP contribution in [-0.2, 0) is 0 Å². The number of rotatable bonds is 5. The summed E-state index contributed by atoms with van der Waals surface area (Å²) in [6, 6.07) is 8.43. The standard InChI is InChI=1S/C17H21N/c1-5-6-7-8-15(2)9-10-16-11-13-17(14-12-16)18(3)4/h5-14H,2H2,1,3-4H3/b6-5-,8-7-,10-9+. The van der Waals surface area contributed by atoms with Crippen molar-refractivity contribution in [2.45, 2.75) is 6.92 Å². The van der Waals surface area contributed by atoms with E-state index in [1.165, 1.54) is 11.3 Å². The first-order valence-electron chi connectivity index (χ1n) is 6.07. The van der Waals surface area contributed by atoms with Crippen LogP contribution in [0.5, 0.6) is 0 Å². The van der Waals surface area contributed by atoms with Crippen LogP contribution in [-0.4, -0.2) is 14.1 Å². The van der Waals surface area contributed by atoms with E-state index in [0.29, 0.717) is 0 Å². The van der Waals surface area contributed by atoms with Crippen LogP contribution in [0.4, 0.5) is 5.69 Å². The summed E-state index contributed by atoms with van der Waals surface area (Å²) in [6.07, 6.45) is 12.1. The molecule has 0 spiro atoms. The first kappa shape index (κ1) is 14.0. The van der Waals surface area contributed by atoms with E-state index in [2.05, 4.69) is 41.8 Å². The Morgan fingerprint density at radius 2 is 1.72 bits per heavy atom. The Kier molecular flexibility index (Phi) is 5.72. The Balaban J connectivity index is 2.64. The number of hydrogen-bond donors (Lipinski definition) is 0. The average Bonchev–Trinajstić information content (AvgIpc) is 2.37. The summed E-state index contributed by atoms with van der Waals surface area (Å²) in [4.78, 5) is 2.09. The molecule has 1 aromatic rings. The van der Waals surface area contributed by atoms with Crippen molar-refractivity contribution in [2.24, 2.45) is 0 Å². The molecule has 0 heterocycles. The second-order valence-electron chi connectivity index (χ2n) is 4.28. The van der Waals surface area contributed by atoms with Gasteiger partial charge in [-0.25, -0.2) is 0 Å². The molecule has 1 aromatic carbocycles. The second kappa shape index (κ2) is 7.33.